The molecule has 0 bridgehead atoms. The van der Waals surface area contributed by atoms with E-state index in [0.29, 0.717) is 12.3 Å². The van der Waals surface area contributed by atoms with Gasteiger partial charge in [-0.1, -0.05) is 5.21 Å². The third kappa shape index (κ3) is 2.71. The molecule has 0 spiro atoms. The quantitative estimate of drug-likeness (QED) is 0.830. The predicted molar refractivity (Wildman–Crippen MR) is 72.9 cm³/mol. The summed E-state index contributed by atoms with van der Waals surface area (Å²) in [5.74, 6) is 0.315. The molecule has 106 valence electrons. The van der Waals surface area contributed by atoms with E-state index in [0.717, 1.165) is 5.75 Å². The van der Waals surface area contributed by atoms with Crippen molar-refractivity contribution in [3.63, 3.8) is 0 Å². The zero-order chi connectivity index (χ0) is 14.5. The van der Waals surface area contributed by atoms with Gasteiger partial charge < -0.3 is 15.2 Å². The SMILES string of the molecule is CCOC(=O)c1nnn(-c2ccc(OCC)cc2)c1N. The van der Waals surface area contributed by atoms with Crippen LogP contribution in [-0.4, -0.2) is 34.2 Å². The van der Waals surface area contributed by atoms with E-state index in [2.05, 4.69) is 10.3 Å². The zero-order valence-electron chi connectivity index (χ0n) is 11.4. The second-order valence-electron chi connectivity index (χ2n) is 3.88. The van der Waals surface area contributed by atoms with Crippen molar-refractivity contribution < 1.29 is 14.3 Å². The van der Waals surface area contributed by atoms with Crippen LogP contribution in [0.1, 0.15) is 24.3 Å². The number of carbonyl (C=O) groups excluding carboxylic acids is 1. The Bertz CT molecular complexity index is 592. The largest absolute Gasteiger partial charge is 0.494 e. The van der Waals surface area contributed by atoms with Gasteiger partial charge in [-0.2, -0.15) is 4.68 Å². The topological polar surface area (TPSA) is 92.3 Å². The molecular formula is C13H16N4O3. The fourth-order valence-corrected chi connectivity index (χ4v) is 1.67. The average Bonchev–Trinajstić information content (AvgIpc) is 2.82. The summed E-state index contributed by atoms with van der Waals surface area (Å²) in [6.07, 6.45) is 0. The maximum atomic E-state index is 11.6. The molecule has 0 aliphatic rings. The Morgan fingerprint density at radius 3 is 2.55 bits per heavy atom. The molecule has 1 aromatic carbocycles. The Kier molecular flexibility index (Phi) is 4.19. The average molecular weight is 276 g/mol. The number of hydrogen-bond donors (Lipinski definition) is 1. The van der Waals surface area contributed by atoms with Gasteiger partial charge in [0.05, 0.1) is 18.9 Å². The van der Waals surface area contributed by atoms with Crippen LogP contribution in [0.25, 0.3) is 5.69 Å². The number of carbonyl (C=O) groups is 1. The van der Waals surface area contributed by atoms with Crippen LogP contribution in [0.3, 0.4) is 0 Å². The van der Waals surface area contributed by atoms with Gasteiger partial charge in [0.1, 0.15) is 5.75 Å². The summed E-state index contributed by atoms with van der Waals surface area (Å²) in [5.41, 5.74) is 6.57. The zero-order valence-corrected chi connectivity index (χ0v) is 11.4. The molecule has 1 heterocycles. The molecule has 1 aromatic heterocycles. The van der Waals surface area contributed by atoms with Gasteiger partial charge in [-0.15, -0.1) is 5.10 Å². The van der Waals surface area contributed by atoms with Crippen molar-refractivity contribution in [1.82, 2.24) is 15.0 Å². The molecule has 0 atom stereocenters. The van der Waals surface area contributed by atoms with Gasteiger partial charge in [0.2, 0.25) is 5.69 Å². The Morgan fingerprint density at radius 1 is 1.25 bits per heavy atom. The molecule has 0 amide bonds. The maximum Gasteiger partial charge on any atom is 0.362 e. The summed E-state index contributed by atoms with van der Waals surface area (Å²) in [5, 5.41) is 7.62. The summed E-state index contributed by atoms with van der Waals surface area (Å²) in [6, 6.07) is 7.16. The monoisotopic (exact) mass is 276 g/mol. The van der Waals surface area contributed by atoms with Crippen molar-refractivity contribution in [2.24, 2.45) is 0 Å². The molecular weight excluding hydrogens is 260 g/mol. The molecule has 2 aromatic rings. The van der Waals surface area contributed by atoms with Crippen LogP contribution in [0.2, 0.25) is 0 Å². The Labute approximate surface area is 116 Å². The molecule has 0 saturated heterocycles. The summed E-state index contributed by atoms with van der Waals surface area (Å²) >= 11 is 0. The highest BCUT2D eigenvalue weighted by Gasteiger charge is 2.19. The smallest absolute Gasteiger partial charge is 0.362 e. The molecule has 0 unspecified atom stereocenters. The third-order valence-electron chi connectivity index (χ3n) is 2.57. The second kappa shape index (κ2) is 6.05. The van der Waals surface area contributed by atoms with Gasteiger partial charge in [-0.05, 0) is 38.1 Å². The van der Waals surface area contributed by atoms with E-state index >= 15 is 0 Å². The number of nitrogens with two attached hydrogens (primary N) is 1. The number of nitrogens with zero attached hydrogens (tertiary/aromatic N) is 3. The van der Waals surface area contributed by atoms with Gasteiger partial charge in [0, 0.05) is 0 Å². The summed E-state index contributed by atoms with van der Waals surface area (Å²) in [7, 11) is 0. The van der Waals surface area contributed by atoms with Gasteiger partial charge in [-0.3, -0.25) is 0 Å². The lowest BCUT2D eigenvalue weighted by atomic mass is 10.3. The number of esters is 1. The molecule has 7 nitrogen and oxygen atoms in total. The summed E-state index contributed by atoms with van der Waals surface area (Å²) in [4.78, 5) is 11.6. The van der Waals surface area contributed by atoms with E-state index in [9.17, 15) is 4.79 Å². The normalized spacial score (nSPS) is 10.3. The van der Waals surface area contributed by atoms with Gasteiger partial charge in [0.25, 0.3) is 0 Å². The number of rotatable bonds is 5. The summed E-state index contributed by atoms with van der Waals surface area (Å²) in [6.45, 7) is 4.48. The molecule has 2 rings (SSSR count). The molecule has 0 aliphatic carbocycles. The standard InChI is InChI=1S/C13H16N4O3/c1-3-19-10-7-5-9(6-8-10)17-12(14)11(15-16-17)13(18)20-4-2/h5-8H,3-4,14H2,1-2H3. The highest BCUT2D eigenvalue weighted by atomic mass is 16.5. The van der Waals surface area contributed by atoms with E-state index in [1.54, 1.807) is 31.2 Å². The number of benzene rings is 1. The molecule has 0 saturated carbocycles. The number of anilines is 1. The summed E-state index contributed by atoms with van der Waals surface area (Å²) < 4.78 is 11.6. The van der Waals surface area contributed by atoms with Crippen molar-refractivity contribution in [3.05, 3.63) is 30.0 Å². The van der Waals surface area contributed by atoms with Crippen LogP contribution < -0.4 is 10.5 Å². The predicted octanol–water partition coefficient (Wildman–Crippen LogP) is 1.42. The van der Waals surface area contributed by atoms with Crippen LogP contribution in [0.4, 0.5) is 5.82 Å². The number of nitrogen functional groups attached to an aromatic ring is 1. The number of ether oxygens (including phenoxy) is 2. The molecule has 0 radical (unpaired) electrons. The van der Waals surface area contributed by atoms with Crippen LogP contribution in [0, 0.1) is 0 Å². The first-order valence-electron chi connectivity index (χ1n) is 6.28. The number of hydrogen-bond acceptors (Lipinski definition) is 6. The minimum atomic E-state index is -0.581. The van der Waals surface area contributed by atoms with Gasteiger partial charge in [-0.25, -0.2) is 4.79 Å². The highest BCUT2D eigenvalue weighted by molar-refractivity contribution is 5.92. The molecule has 2 N–H and O–H groups in total. The maximum absolute atomic E-state index is 11.6. The molecule has 0 aliphatic heterocycles. The van der Waals surface area contributed by atoms with Crippen LogP contribution >= 0.6 is 0 Å². The van der Waals surface area contributed by atoms with Crippen LogP contribution in [0.15, 0.2) is 24.3 Å². The van der Waals surface area contributed by atoms with E-state index in [-0.39, 0.29) is 18.1 Å². The molecule has 0 fully saturated rings. The van der Waals surface area contributed by atoms with Crippen molar-refractivity contribution in [2.45, 2.75) is 13.8 Å². The van der Waals surface area contributed by atoms with Crippen LogP contribution in [-0.2, 0) is 4.74 Å². The first kappa shape index (κ1) is 13.9. The van der Waals surface area contributed by atoms with Crippen molar-refractivity contribution >= 4 is 11.8 Å². The Hall–Kier alpha value is -2.57. The molecule has 7 heteroatoms. The highest BCUT2D eigenvalue weighted by Crippen LogP contribution is 2.19. The van der Waals surface area contributed by atoms with Crippen molar-refractivity contribution in [3.8, 4) is 11.4 Å². The van der Waals surface area contributed by atoms with Crippen molar-refractivity contribution in [1.29, 1.82) is 0 Å². The van der Waals surface area contributed by atoms with E-state index in [4.69, 9.17) is 15.2 Å². The fourth-order valence-electron chi connectivity index (χ4n) is 1.67. The first-order valence-corrected chi connectivity index (χ1v) is 6.28. The molecule has 20 heavy (non-hydrogen) atoms. The van der Waals surface area contributed by atoms with E-state index in [1.807, 2.05) is 6.92 Å². The fraction of sp³-hybridized carbons (Fsp3) is 0.308. The minimum absolute atomic E-state index is 0.0146. The lowest BCUT2D eigenvalue weighted by Gasteiger charge is -2.06. The Balaban J connectivity index is 2.27. The van der Waals surface area contributed by atoms with Crippen LogP contribution in [0.5, 0.6) is 5.75 Å². The van der Waals surface area contributed by atoms with E-state index in [1.165, 1.54) is 4.68 Å². The second-order valence-corrected chi connectivity index (χ2v) is 3.88. The minimum Gasteiger partial charge on any atom is -0.494 e. The Morgan fingerprint density at radius 2 is 1.95 bits per heavy atom. The lowest BCUT2D eigenvalue weighted by molar-refractivity contribution is 0.0520. The van der Waals surface area contributed by atoms with Gasteiger partial charge in [0.15, 0.2) is 5.82 Å². The van der Waals surface area contributed by atoms with Gasteiger partial charge >= 0.3 is 5.97 Å². The lowest BCUT2D eigenvalue weighted by Crippen LogP contribution is -2.09. The van der Waals surface area contributed by atoms with Crippen molar-refractivity contribution in [2.75, 3.05) is 18.9 Å². The third-order valence-corrected chi connectivity index (χ3v) is 2.57. The van der Waals surface area contributed by atoms with E-state index < -0.39 is 5.97 Å². The first-order chi connectivity index (χ1) is 9.67. The number of aromatic nitrogens is 3.